The van der Waals surface area contributed by atoms with Crippen molar-refractivity contribution >= 4 is 77.8 Å². The first kappa shape index (κ1) is 37.2. The molecule has 0 saturated heterocycles. The van der Waals surface area contributed by atoms with Gasteiger partial charge in [-0.25, -0.2) is 0 Å². The molecule has 0 atom stereocenters. The van der Waals surface area contributed by atoms with E-state index in [0.717, 1.165) is 101 Å². The van der Waals surface area contributed by atoms with Crippen molar-refractivity contribution in [3.05, 3.63) is 230 Å². The standard InChI is InChI=1S/C59H40N2O3/c1-39-22-24-40(25-23-39)54-37-51-53(62-54)35-34-49-50-36-55(41-26-30-47(31-27-41)60(43-14-6-2-7-15-43)44-16-8-3-9-17-44)63-58(50)59-52(57(49)51)38-56(64-59)42-28-32-48(33-29-42)61(45-18-10-4-11-19-45)46-20-12-5-13-21-46/h2-38H,1H3. The van der Waals surface area contributed by atoms with Crippen molar-refractivity contribution in [1.29, 1.82) is 0 Å². The van der Waals surface area contributed by atoms with Crippen LogP contribution in [0.25, 0.3) is 77.7 Å². The van der Waals surface area contributed by atoms with Gasteiger partial charge in [-0.3, -0.25) is 0 Å². The molecular weight excluding hydrogens is 785 g/mol. The lowest BCUT2D eigenvalue weighted by Crippen LogP contribution is -2.09. The highest BCUT2D eigenvalue weighted by Crippen LogP contribution is 2.47. The molecule has 0 spiro atoms. The number of rotatable bonds is 9. The zero-order valence-corrected chi connectivity index (χ0v) is 35.0. The first-order chi connectivity index (χ1) is 31.6. The summed E-state index contributed by atoms with van der Waals surface area (Å²) in [6, 6.07) is 78.2. The molecule has 0 aliphatic carbocycles. The SMILES string of the molecule is Cc1ccc(-c2cc3c(ccc4c5cc(-c6ccc(N(c7ccccc7)c7ccccc7)cc6)oc5c5oc(-c6ccc(N(c7ccccc7)c7ccccc7)cc6)cc5c34)o2)cc1. The van der Waals surface area contributed by atoms with Gasteiger partial charge >= 0.3 is 0 Å². The molecule has 0 bridgehead atoms. The Morgan fingerprint density at radius 1 is 0.297 bits per heavy atom. The molecule has 0 saturated carbocycles. The van der Waals surface area contributed by atoms with Gasteiger partial charge in [-0.1, -0.05) is 103 Å². The Bertz CT molecular complexity index is 3500. The Morgan fingerprint density at radius 2 is 0.656 bits per heavy atom. The number of hydrogen-bond acceptors (Lipinski definition) is 5. The van der Waals surface area contributed by atoms with Crippen LogP contribution < -0.4 is 9.80 Å². The molecule has 0 N–H and O–H groups in total. The lowest BCUT2D eigenvalue weighted by molar-refractivity contribution is 0.598. The third-order valence-corrected chi connectivity index (χ3v) is 12.1. The lowest BCUT2D eigenvalue weighted by Gasteiger charge is -2.25. The predicted octanol–water partition coefficient (Wildman–Crippen LogP) is 17.3. The highest BCUT2D eigenvalue weighted by Gasteiger charge is 2.23. The average Bonchev–Trinajstić information content (AvgIpc) is 4.12. The number of benzene rings is 9. The number of para-hydroxylation sites is 4. The van der Waals surface area contributed by atoms with Crippen LogP contribution in [0.3, 0.4) is 0 Å². The van der Waals surface area contributed by atoms with Crippen LogP contribution >= 0.6 is 0 Å². The molecule has 0 aliphatic rings. The third kappa shape index (κ3) is 6.50. The highest BCUT2D eigenvalue weighted by molar-refractivity contribution is 6.30. The summed E-state index contributed by atoms with van der Waals surface area (Å²) in [5.41, 5.74) is 12.8. The molecular formula is C59H40N2O3. The summed E-state index contributed by atoms with van der Waals surface area (Å²) in [6.45, 7) is 2.10. The Kier molecular flexibility index (Phi) is 8.97. The van der Waals surface area contributed by atoms with Crippen molar-refractivity contribution in [2.24, 2.45) is 0 Å². The van der Waals surface area contributed by atoms with E-state index in [-0.39, 0.29) is 0 Å². The Morgan fingerprint density at radius 3 is 1.11 bits per heavy atom. The zero-order valence-electron chi connectivity index (χ0n) is 35.0. The first-order valence-corrected chi connectivity index (χ1v) is 21.6. The van der Waals surface area contributed by atoms with Gasteiger partial charge in [0.25, 0.3) is 0 Å². The van der Waals surface area contributed by atoms with E-state index in [1.165, 1.54) is 5.56 Å². The summed E-state index contributed by atoms with van der Waals surface area (Å²) in [5.74, 6) is 2.34. The van der Waals surface area contributed by atoms with Gasteiger partial charge in [0, 0.05) is 72.4 Å². The van der Waals surface area contributed by atoms with Crippen molar-refractivity contribution in [1.82, 2.24) is 0 Å². The largest absolute Gasteiger partial charge is 0.456 e. The van der Waals surface area contributed by atoms with Crippen molar-refractivity contribution in [2.45, 2.75) is 6.92 Å². The number of fused-ring (bicyclic) bond motifs is 8. The molecule has 0 unspecified atom stereocenters. The second kappa shape index (κ2) is 15.4. The van der Waals surface area contributed by atoms with Crippen LogP contribution in [0.5, 0.6) is 0 Å². The lowest BCUT2D eigenvalue weighted by atomic mass is 9.98. The van der Waals surface area contributed by atoms with E-state index in [9.17, 15) is 0 Å². The number of hydrogen-bond donors (Lipinski definition) is 0. The van der Waals surface area contributed by atoms with Gasteiger partial charge in [0.1, 0.15) is 22.9 Å². The van der Waals surface area contributed by atoms with E-state index in [1.54, 1.807) is 0 Å². The summed E-state index contributed by atoms with van der Waals surface area (Å²) in [7, 11) is 0. The maximum Gasteiger partial charge on any atom is 0.178 e. The van der Waals surface area contributed by atoms with E-state index >= 15 is 0 Å². The summed E-state index contributed by atoms with van der Waals surface area (Å²) in [5, 5.41) is 5.11. The van der Waals surface area contributed by atoms with Gasteiger partial charge in [0.15, 0.2) is 11.2 Å². The highest BCUT2D eigenvalue weighted by atomic mass is 16.4. The van der Waals surface area contributed by atoms with Crippen LogP contribution in [0.2, 0.25) is 0 Å². The second-order valence-electron chi connectivity index (χ2n) is 16.2. The molecule has 5 nitrogen and oxygen atoms in total. The zero-order chi connectivity index (χ0) is 42.6. The van der Waals surface area contributed by atoms with Crippen LogP contribution in [0.1, 0.15) is 5.56 Å². The fourth-order valence-corrected chi connectivity index (χ4v) is 9.03. The number of anilines is 6. The van der Waals surface area contributed by atoms with Crippen LogP contribution in [-0.2, 0) is 0 Å². The minimum Gasteiger partial charge on any atom is -0.456 e. The molecule has 12 rings (SSSR count). The van der Waals surface area contributed by atoms with Gasteiger partial charge in [0.2, 0.25) is 0 Å². The van der Waals surface area contributed by atoms with Gasteiger partial charge in [-0.05, 0) is 140 Å². The van der Waals surface area contributed by atoms with Gasteiger partial charge < -0.3 is 23.1 Å². The fraction of sp³-hybridized carbons (Fsp3) is 0.0169. The van der Waals surface area contributed by atoms with Crippen molar-refractivity contribution in [2.75, 3.05) is 9.80 Å². The maximum absolute atomic E-state index is 6.95. The third-order valence-electron chi connectivity index (χ3n) is 12.1. The average molecular weight is 825 g/mol. The van der Waals surface area contributed by atoms with Crippen molar-refractivity contribution in [3.63, 3.8) is 0 Å². The summed E-state index contributed by atoms with van der Waals surface area (Å²) in [6.07, 6.45) is 0. The molecule has 5 heteroatoms. The molecule has 304 valence electrons. The number of nitrogens with zero attached hydrogens (tertiary/aromatic N) is 2. The molecule has 0 amide bonds. The minimum absolute atomic E-state index is 0.699. The predicted molar refractivity (Wildman–Crippen MR) is 264 cm³/mol. The smallest absolute Gasteiger partial charge is 0.178 e. The summed E-state index contributed by atoms with van der Waals surface area (Å²) >= 11 is 0. The van der Waals surface area contributed by atoms with Gasteiger partial charge in [-0.15, -0.1) is 0 Å². The Hall–Kier alpha value is -8.54. The van der Waals surface area contributed by atoms with E-state index in [0.29, 0.717) is 11.2 Å². The molecule has 12 aromatic rings. The number of furan rings is 3. The van der Waals surface area contributed by atoms with Crippen LogP contribution in [-0.4, -0.2) is 0 Å². The van der Waals surface area contributed by atoms with Crippen molar-refractivity contribution in [3.8, 4) is 34.0 Å². The molecule has 64 heavy (non-hydrogen) atoms. The van der Waals surface area contributed by atoms with Crippen LogP contribution in [0, 0.1) is 6.92 Å². The van der Waals surface area contributed by atoms with E-state index in [1.807, 2.05) is 24.3 Å². The van der Waals surface area contributed by atoms with E-state index in [2.05, 4.69) is 217 Å². The maximum atomic E-state index is 6.95. The Balaban J connectivity index is 1.00. The molecule has 0 fully saturated rings. The summed E-state index contributed by atoms with van der Waals surface area (Å²) < 4.78 is 20.4. The second-order valence-corrected chi connectivity index (χ2v) is 16.2. The first-order valence-electron chi connectivity index (χ1n) is 21.6. The van der Waals surface area contributed by atoms with Crippen LogP contribution in [0.4, 0.5) is 34.1 Å². The monoisotopic (exact) mass is 824 g/mol. The van der Waals surface area contributed by atoms with Gasteiger partial charge in [0.05, 0.1) is 0 Å². The molecule has 0 aliphatic heterocycles. The normalized spacial score (nSPS) is 11.5. The molecule has 3 heterocycles. The summed E-state index contributed by atoms with van der Waals surface area (Å²) in [4.78, 5) is 4.52. The fourth-order valence-electron chi connectivity index (χ4n) is 9.03. The van der Waals surface area contributed by atoms with E-state index < -0.39 is 0 Å². The Labute approximate surface area is 370 Å². The van der Waals surface area contributed by atoms with E-state index in [4.69, 9.17) is 13.3 Å². The minimum atomic E-state index is 0.699. The topological polar surface area (TPSA) is 45.9 Å². The van der Waals surface area contributed by atoms with Gasteiger partial charge in [-0.2, -0.15) is 0 Å². The molecule has 3 aromatic heterocycles. The van der Waals surface area contributed by atoms with Crippen molar-refractivity contribution < 1.29 is 13.3 Å². The quantitative estimate of drug-likeness (QED) is 0.145. The number of aryl methyl sites for hydroxylation is 1. The van der Waals surface area contributed by atoms with Crippen LogP contribution in [0.15, 0.2) is 238 Å². The molecule has 9 aromatic carbocycles. The molecule has 0 radical (unpaired) electrons.